The van der Waals surface area contributed by atoms with Crippen LogP contribution in [-0.2, 0) is 11.2 Å². The summed E-state index contributed by atoms with van der Waals surface area (Å²) in [6.45, 7) is 2.50. The van der Waals surface area contributed by atoms with Gasteiger partial charge in [-0.25, -0.2) is 0 Å². The maximum atomic E-state index is 11.3. The highest BCUT2D eigenvalue weighted by atomic mass is 16.1. The van der Waals surface area contributed by atoms with Crippen LogP contribution >= 0.6 is 0 Å². The van der Waals surface area contributed by atoms with Gasteiger partial charge in [0, 0.05) is 31.4 Å². The van der Waals surface area contributed by atoms with Crippen LogP contribution in [0.3, 0.4) is 0 Å². The van der Waals surface area contributed by atoms with Crippen LogP contribution in [-0.4, -0.2) is 43.0 Å². The zero-order chi connectivity index (χ0) is 13.9. The Hall–Kier alpha value is -1.55. The van der Waals surface area contributed by atoms with Crippen LogP contribution in [0.25, 0.3) is 0 Å². The van der Waals surface area contributed by atoms with Crippen LogP contribution in [0.1, 0.15) is 24.8 Å². The van der Waals surface area contributed by atoms with Gasteiger partial charge in [0.05, 0.1) is 6.42 Å². The highest BCUT2D eigenvalue weighted by molar-refractivity contribution is 5.78. The van der Waals surface area contributed by atoms with Crippen molar-refractivity contribution in [3.63, 3.8) is 0 Å². The van der Waals surface area contributed by atoms with E-state index in [4.69, 9.17) is 0 Å². The molecule has 2 heterocycles. The molecule has 2 aliphatic rings. The Morgan fingerprint density at radius 3 is 2.80 bits per heavy atom. The molecule has 2 atom stereocenters. The van der Waals surface area contributed by atoms with Gasteiger partial charge in [-0.1, -0.05) is 12.1 Å². The molecule has 0 saturated carbocycles. The molecule has 1 aromatic carbocycles. The van der Waals surface area contributed by atoms with Crippen molar-refractivity contribution in [1.82, 2.24) is 10.2 Å². The first-order valence-corrected chi connectivity index (χ1v) is 7.56. The summed E-state index contributed by atoms with van der Waals surface area (Å²) >= 11 is 0. The molecule has 2 saturated heterocycles. The standard InChI is InChI=1S/C16H23N3O/c1-17-16(20)11-12-4-6-13(7-5-12)18-14-8-10-19-9-2-3-15(14)19/h4-7,14-15,18H,2-3,8-11H2,1H3,(H,17,20). The normalized spacial score (nSPS) is 25.4. The minimum atomic E-state index is 0.0584. The second-order valence-electron chi connectivity index (χ2n) is 5.83. The minimum absolute atomic E-state index is 0.0584. The summed E-state index contributed by atoms with van der Waals surface area (Å²) in [5.74, 6) is 0.0584. The van der Waals surface area contributed by atoms with E-state index < -0.39 is 0 Å². The lowest BCUT2D eigenvalue weighted by molar-refractivity contribution is -0.119. The minimum Gasteiger partial charge on any atom is -0.381 e. The van der Waals surface area contributed by atoms with Crippen LogP contribution in [0.2, 0.25) is 0 Å². The van der Waals surface area contributed by atoms with Crippen molar-refractivity contribution in [2.45, 2.75) is 37.8 Å². The van der Waals surface area contributed by atoms with Gasteiger partial charge in [-0.05, 0) is 43.5 Å². The van der Waals surface area contributed by atoms with Crippen molar-refractivity contribution >= 4 is 11.6 Å². The number of likely N-dealkylation sites (N-methyl/N-ethyl adjacent to an activating group) is 1. The summed E-state index contributed by atoms with van der Waals surface area (Å²) in [5, 5.41) is 6.32. The zero-order valence-corrected chi connectivity index (χ0v) is 12.1. The number of anilines is 1. The van der Waals surface area contributed by atoms with Crippen molar-refractivity contribution in [1.29, 1.82) is 0 Å². The van der Waals surface area contributed by atoms with E-state index >= 15 is 0 Å². The molecule has 20 heavy (non-hydrogen) atoms. The fraction of sp³-hybridized carbons (Fsp3) is 0.562. The van der Waals surface area contributed by atoms with E-state index in [0.717, 1.165) is 11.6 Å². The largest absolute Gasteiger partial charge is 0.381 e. The lowest BCUT2D eigenvalue weighted by Gasteiger charge is -2.22. The van der Waals surface area contributed by atoms with E-state index in [0.29, 0.717) is 12.5 Å². The number of nitrogens with one attached hydrogen (secondary N) is 2. The number of fused-ring (bicyclic) bond motifs is 1. The molecule has 1 aromatic rings. The van der Waals surface area contributed by atoms with Gasteiger partial charge in [0.2, 0.25) is 5.91 Å². The number of carbonyl (C=O) groups is 1. The van der Waals surface area contributed by atoms with E-state index in [1.807, 2.05) is 12.1 Å². The first-order valence-electron chi connectivity index (χ1n) is 7.56. The van der Waals surface area contributed by atoms with Gasteiger partial charge in [0.15, 0.2) is 0 Å². The second-order valence-corrected chi connectivity index (χ2v) is 5.83. The third kappa shape index (κ3) is 2.80. The van der Waals surface area contributed by atoms with E-state index in [9.17, 15) is 4.79 Å². The Morgan fingerprint density at radius 1 is 1.25 bits per heavy atom. The first kappa shape index (κ1) is 13.4. The van der Waals surface area contributed by atoms with Gasteiger partial charge < -0.3 is 10.6 Å². The monoisotopic (exact) mass is 273 g/mol. The summed E-state index contributed by atoms with van der Waals surface area (Å²) in [6, 6.07) is 9.58. The van der Waals surface area contributed by atoms with E-state index in [1.165, 1.54) is 38.0 Å². The molecule has 3 rings (SSSR count). The lowest BCUT2D eigenvalue weighted by atomic mass is 10.1. The van der Waals surface area contributed by atoms with E-state index in [2.05, 4.69) is 27.7 Å². The third-order valence-corrected chi connectivity index (χ3v) is 4.56. The van der Waals surface area contributed by atoms with Crippen LogP contribution in [0.4, 0.5) is 5.69 Å². The van der Waals surface area contributed by atoms with Crippen LogP contribution in [0.5, 0.6) is 0 Å². The van der Waals surface area contributed by atoms with Crippen molar-refractivity contribution in [2.24, 2.45) is 0 Å². The molecule has 0 aromatic heterocycles. The highest BCUT2D eigenvalue weighted by Gasteiger charge is 2.36. The number of carbonyl (C=O) groups excluding carboxylic acids is 1. The Balaban J connectivity index is 1.59. The first-order chi connectivity index (χ1) is 9.76. The fourth-order valence-corrected chi connectivity index (χ4v) is 3.46. The Bertz CT molecular complexity index is 471. The summed E-state index contributed by atoms with van der Waals surface area (Å²) in [5.41, 5.74) is 2.23. The van der Waals surface area contributed by atoms with Gasteiger partial charge in [0.1, 0.15) is 0 Å². The van der Waals surface area contributed by atoms with Crippen molar-refractivity contribution in [3.8, 4) is 0 Å². The summed E-state index contributed by atoms with van der Waals surface area (Å²) in [6.07, 6.45) is 4.36. The number of hydrogen-bond donors (Lipinski definition) is 2. The highest BCUT2D eigenvalue weighted by Crippen LogP contribution is 2.30. The molecule has 2 unspecified atom stereocenters. The SMILES string of the molecule is CNC(=O)Cc1ccc(NC2CCN3CCCC23)cc1. The van der Waals surface area contributed by atoms with Crippen LogP contribution in [0.15, 0.2) is 24.3 Å². The summed E-state index contributed by atoms with van der Waals surface area (Å²) in [7, 11) is 1.67. The van der Waals surface area contributed by atoms with E-state index in [1.54, 1.807) is 7.05 Å². The third-order valence-electron chi connectivity index (χ3n) is 4.56. The molecular formula is C16H23N3O. The van der Waals surface area contributed by atoms with Crippen molar-refractivity contribution in [3.05, 3.63) is 29.8 Å². The molecular weight excluding hydrogens is 250 g/mol. The van der Waals surface area contributed by atoms with Crippen LogP contribution in [0, 0.1) is 0 Å². The lowest BCUT2D eigenvalue weighted by Crippen LogP contribution is -2.33. The van der Waals surface area contributed by atoms with Crippen molar-refractivity contribution < 1.29 is 4.79 Å². The molecule has 0 aliphatic carbocycles. The molecule has 4 nitrogen and oxygen atoms in total. The van der Waals surface area contributed by atoms with Crippen molar-refractivity contribution in [2.75, 3.05) is 25.5 Å². The molecule has 1 amide bonds. The average molecular weight is 273 g/mol. The topological polar surface area (TPSA) is 44.4 Å². The molecule has 0 bridgehead atoms. The van der Waals surface area contributed by atoms with Gasteiger partial charge >= 0.3 is 0 Å². The van der Waals surface area contributed by atoms with Gasteiger partial charge in [-0.15, -0.1) is 0 Å². The maximum Gasteiger partial charge on any atom is 0.224 e. The smallest absolute Gasteiger partial charge is 0.224 e. The average Bonchev–Trinajstić information content (AvgIpc) is 3.06. The number of amides is 1. The van der Waals surface area contributed by atoms with Gasteiger partial charge in [-0.2, -0.15) is 0 Å². The zero-order valence-electron chi connectivity index (χ0n) is 12.1. The number of rotatable bonds is 4. The summed E-state index contributed by atoms with van der Waals surface area (Å²) < 4.78 is 0. The van der Waals surface area contributed by atoms with E-state index in [-0.39, 0.29) is 5.91 Å². The molecule has 0 spiro atoms. The maximum absolute atomic E-state index is 11.3. The summed E-state index contributed by atoms with van der Waals surface area (Å²) in [4.78, 5) is 13.9. The van der Waals surface area contributed by atoms with Gasteiger partial charge in [0.25, 0.3) is 0 Å². The second kappa shape index (κ2) is 5.83. The molecule has 2 N–H and O–H groups in total. The van der Waals surface area contributed by atoms with Gasteiger partial charge in [-0.3, -0.25) is 9.69 Å². The Labute approximate surface area is 120 Å². The Kier molecular flexibility index (Phi) is 3.92. The Morgan fingerprint density at radius 2 is 2.05 bits per heavy atom. The number of benzene rings is 1. The molecule has 0 radical (unpaired) electrons. The molecule has 2 aliphatic heterocycles. The number of nitrogens with zero attached hydrogens (tertiary/aromatic N) is 1. The predicted molar refractivity (Wildman–Crippen MR) is 80.8 cm³/mol. The quantitative estimate of drug-likeness (QED) is 0.876. The fourth-order valence-electron chi connectivity index (χ4n) is 3.46. The number of hydrogen-bond acceptors (Lipinski definition) is 3. The molecule has 4 heteroatoms. The molecule has 2 fully saturated rings. The predicted octanol–water partition coefficient (Wildman–Crippen LogP) is 1.62. The van der Waals surface area contributed by atoms with Crippen LogP contribution < -0.4 is 10.6 Å². The molecule has 108 valence electrons.